The molecule has 0 saturated heterocycles. The number of carbonyl (C=O) groups excluding carboxylic acids is 1. The fourth-order valence-corrected chi connectivity index (χ4v) is 4.83. The van der Waals surface area contributed by atoms with Gasteiger partial charge in [-0.1, -0.05) is 72.8 Å². The summed E-state index contributed by atoms with van der Waals surface area (Å²) in [6.07, 6.45) is 7.48. The van der Waals surface area contributed by atoms with Gasteiger partial charge in [0.15, 0.2) is 5.78 Å². The first-order valence-corrected chi connectivity index (χ1v) is 12.7. The standard InChI is InChI=1S/C33H28O6/c34-25-14-9-22(10-15-25)7-4-8-24-19-27-29(37)20-30(38)31(28(36)18-11-21-5-2-1-3-6-21)33(27)39-32(24)23-12-16-26(35)17-13-23/h1-7,9-18,20,24,32,34-35,37-38H,8,19H2/b7-4+,18-11+/t24-,32+/m1/s1. The quantitative estimate of drug-likeness (QED) is 0.158. The third-order valence-electron chi connectivity index (χ3n) is 6.82. The van der Waals surface area contributed by atoms with E-state index in [2.05, 4.69) is 0 Å². The van der Waals surface area contributed by atoms with Crippen LogP contribution in [0.3, 0.4) is 0 Å². The number of carbonyl (C=O) groups is 1. The van der Waals surface area contributed by atoms with Crippen molar-refractivity contribution in [2.75, 3.05) is 0 Å². The molecule has 0 aliphatic carbocycles. The van der Waals surface area contributed by atoms with Gasteiger partial charge in [-0.05, 0) is 59.9 Å². The summed E-state index contributed by atoms with van der Waals surface area (Å²) in [5.41, 5.74) is 3.01. The monoisotopic (exact) mass is 520 g/mol. The second kappa shape index (κ2) is 11.2. The second-order valence-electron chi connectivity index (χ2n) is 9.53. The minimum atomic E-state index is -0.506. The van der Waals surface area contributed by atoms with E-state index < -0.39 is 11.9 Å². The van der Waals surface area contributed by atoms with Crippen molar-refractivity contribution in [3.63, 3.8) is 0 Å². The van der Waals surface area contributed by atoms with Crippen LogP contribution >= 0.6 is 0 Å². The first-order chi connectivity index (χ1) is 18.9. The predicted molar refractivity (Wildman–Crippen MR) is 150 cm³/mol. The zero-order valence-corrected chi connectivity index (χ0v) is 21.1. The molecule has 2 atom stereocenters. The topological polar surface area (TPSA) is 107 Å². The van der Waals surface area contributed by atoms with Gasteiger partial charge in [0.05, 0.1) is 0 Å². The van der Waals surface area contributed by atoms with Crippen LogP contribution in [0, 0.1) is 5.92 Å². The van der Waals surface area contributed by atoms with Gasteiger partial charge in [0.1, 0.15) is 40.4 Å². The molecule has 196 valence electrons. The Morgan fingerprint density at radius 3 is 2.13 bits per heavy atom. The normalized spacial score (nSPS) is 16.7. The van der Waals surface area contributed by atoms with E-state index in [0.717, 1.165) is 16.7 Å². The molecular weight excluding hydrogens is 492 g/mol. The SMILES string of the molecule is O=C(/C=C/c1ccccc1)c1c(O)cc(O)c2c1O[C@@H](c1ccc(O)cc1)[C@H](C/C=C/c1ccc(O)cc1)C2. The van der Waals surface area contributed by atoms with Gasteiger partial charge in [-0.2, -0.15) is 0 Å². The van der Waals surface area contributed by atoms with Crippen molar-refractivity contribution in [2.24, 2.45) is 5.92 Å². The number of hydrogen-bond donors (Lipinski definition) is 4. The predicted octanol–water partition coefficient (Wildman–Crippen LogP) is 6.80. The number of phenols is 4. The van der Waals surface area contributed by atoms with Crippen molar-refractivity contribution in [3.8, 4) is 28.7 Å². The zero-order chi connectivity index (χ0) is 27.4. The average molecular weight is 521 g/mol. The van der Waals surface area contributed by atoms with Crippen LogP contribution in [0.1, 0.15) is 45.1 Å². The molecule has 0 radical (unpaired) electrons. The lowest BCUT2D eigenvalue weighted by atomic mass is 9.83. The van der Waals surface area contributed by atoms with Gasteiger partial charge in [0.25, 0.3) is 0 Å². The molecule has 4 aromatic rings. The Kier molecular flexibility index (Phi) is 7.37. The van der Waals surface area contributed by atoms with E-state index in [0.29, 0.717) is 18.4 Å². The fraction of sp³-hybridized carbons (Fsp3) is 0.121. The summed E-state index contributed by atoms with van der Waals surface area (Å²) in [5.74, 6) is -0.578. The zero-order valence-electron chi connectivity index (χ0n) is 21.1. The van der Waals surface area contributed by atoms with Gasteiger partial charge in [-0.15, -0.1) is 0 Å². The number of hydrogen-bond acceptors (Lipinski definition) is 6. The summed E-state index contributed by atoms with van der Waals surface area (Å²) in [6.45, 7) is 0. The molecule has 0 amide bonds. The van der Waals surface area contributed by atoms with Crippen LogP contribution in [-0.4, -0.2) is 26.2 Å². The number of phenolic OH excluding ortho intramolecular Hbond substituents is 4. The lowest BCUT2D eigenvalue weighted by Gasteiger charge is -2.35. The highest BCUT2D eigenvalue weighted by Gasteiger charge is 2.36. The third-order valence-corrected chi connectivity index (χ3v) is 6.82. The van der Waals surface area contributed by atoms with Gasteiger partial charge in [-0.25, -0.2) is 0 Å². The Morgan fingerprint density at radius 1 is 0.795 bits per heavy atom. The molecule has 0 spiro atoms. The molecule has 0 saturated carbocycles. The van der Waals surface area contributed by atoms with Crippen molar-refractivity contribution < 1.29 is 30.0 Å². The number of aromatic hydroxyl groups is 4. The Bertz CT molecular complexity index is 1520. The molecule has 1 heterocycles. The second-order valence-corrected chi connectivity index (χ2v) is 9.53. The Hall–Kier alpha value is -4.97. The molecule has 0 aromatic heterocycles. The molecule has 6 nitrogen and oxygen atoms in total. The summed E-state index contributed by atoms with van der Waals surface area (Å²) >= 11 is 0. The van der Waals surface area contributed by atoms with E-state index >= 15 is 0 Å². The largest absolute Gasteiger partial charge is 0.508 e. The maximum absolute atomic E-state index is 13.3. The lowest BCUT2D eigenvalue weighted by molar-refractivity contribution is 0.0982. The van der Waals surface area contributed by atoms with Crippen LogP contribution in [0.25, 0.3) is 12.2 Å². The van der Waals surface area contributed by atoms with E-state index in [1.165, 1.54) is 12.1 Å². The number of allylic oxidation sites excluding steroid dienone is 2. The van der Waals surface area contributed by atoms with Crippen LogP contribution in [0.5, 0.6) is 28.7 Å². The molecule has 0 bridgehead atoms. The van der Waals surface area contributed by atoms with Gasteiger partial charge in [0, 0.05) is 17.5 Å². The van der Waals surface area contributed by atoms with Crippen molar-refractivity contribution in [1.29, 1.82) is 0 Å². The number of ether oxygens (including phenoxy) is 1. The Labute approximate surface area is 226 Å². The minimum absolute atomic E-state index is 0.00292. The van der Waals surface area contributed by atoms with Gasteiger partial charge in [-0.3, -0.25) is 4.79 Å². The van der Waals surface area contributed by atoms with Crippen LogP contribution in [0.2, 0.25) is 0 Å². The summed E-state index contributed by atoms with van der Waals surface area (Å²) in [4.78, 5) is 13.3. The third kappa shape index (κ3) is 5.80. The maximum atomic E-state index is 13.3. The van der Waals surface area contributed by atoms with Crippen LogP contribution in [0.4, 0.5) is 0 Å². The first kappa shape index (κ1) is 25.7. The Balaban J connectivity index is 1.50. The van der Waals surface area contributed by atoms with E-state index in [1.807, 2.05) is 54.6 Å². The smallest absolute Gasteiger partial charge is 0.193 e. The molecule has 1 aliphatic rings. The molecule has 6 heteroatoms. The molecule has 4 aromatic carbocycles. The van der Waals surface area contributed by atoms with Gasteiger partial charge < -0.3 is 25.2 Å². The van der Waals surface area contributed by atoms with Gasteiger partial charge >= 0.3 is 0 Å². The highest BCUT2D eigenvalue weighted by Crippen LogP contribution is 2.48. The molecule has 4 N–H and O–H groups in total. The van der Waals surface area contributed by atoms with Crippen LogP contribution in [0.15, 0.2) is 97.1 Å². The molecule has 5 rings (SSSR count). The molecule has 39 heavy (non-hydrogen) atoms. The number of rotatable bonds is 7. The molecule has 1 aliphatic heterocycles. The molecule has 0 unspecified atom stereocenters. The summed E-state index contributed by atoms with van der Waals surface area (Å²) in [5, 5.41) is 40.8. The summed E-state index contributed by atoms with van der Waals surface area (Å²) in [7, 11) is 0. The van der Waals surface area contributed by atoms with E-state index in [1.54, 1.807) is 42.5 Å². The van der Waals surface area contributed by atoms with E-state index in [9.17, 15) is 25.2 Å². The highest BCUT2D eigenvalue weighted by atomic mass is 16.5. The highest BCUT2D eigenvalue weighted by molar-refractivity contribution is 6.11. The minimum Gasteiger partial charge on any atom is -0.508 e. The number of ketones is 1. The van der Waals surface area contributed by atoms with Crippen molar-refractivity contribution in [3.05, 3.63) is 125 Å². The van der Waals surface area contributed by atoms with Crippen LogP contribution in [-0.2, 0) is 6.42 Å². The number of fused-ring (bicyclic) bond motifs is 1. The van der Waals surface area contributed by atoms with Crippen LogP contribution < -0.4 is 4.74 Å². The Morgan fingerprint density at radius 2 is 1.44 bits per heavy atom. The lowest BCUT2D eigenvalue weighted by Crippen LogP contribution is -2.27. The van der Waals surface area contributed by atoms with Crippen molar-refractivity contribution >= 4 is 17.9 Å². The van der Waals surface area contributed by atoms with Crippen molar-refractivity contribution in [2.45, 2.75) is 18.9 Å². The van der Waals surface area contributed by atoms with E-state index in [4.69, 9.17) is 4.74 Å². The van der Waals surface area contributed by atoms with Gasteiger partial charge in [0.2, 0.25) is 0 Å². The molecular formula is C33H28O6. The number of benzene rings is 4. The van der Waals surface area contributed by atoms with Crippen molar-refractivity contribution in [1.82, 2.24) is 0 Å². The fourth-order valence-electron chi connectivity index (χ4n) is 4.83. The molecule has 0 fully saturated rings. The first-order valence-electron chi connectivity index (χ1n) is 12.7. The van der Waals surface area contributed by atoms with E-state index in [-0.39, 0.29) is 40.2 Å². The maximum Gasteiger partial charge on any atom is 0.193 e. The average Bonchev–Trinajstić information content (AvgIpc) is 2.94. The summed E-state index contributed by atoms with van der Waals surface area (Å²) in [6, 6.07) is 24.1. The summed E-state index contributed by atoms with van der Waals surface area (Å²) < 4.78 is 6.43.